The number of nitrogens with one attached hydrogen (secondary N) is 2. The van der Waals surface area contributed by atoms with Crippen molar-refractivity contribution >= 4 is 17.3 Å². The van der Waals surface area contributed by atoms with E-state index in [9.17, 15) is 4.79 Å². The summed E-state index contributed by atoms with van der Waals surface area (Å²) in [6.45, 7) is 6.31. The summed E-state index contributed by atoms with van der Waals surface area (Å²) in [6, 6.07) is 17.8. The van der Waals surface area contributed by atoms with Gasteiger partial charge in [0.25, 0.3) is 5.91 Å². The van der Waals surface area contributed by atoms with Crippen molar-refractivity contribution in [2.75, 3.05) is 11.9 Å². The van der Waals surface area contributed by atoms with E-state index < -0.39 is 0 Å². The third-order valence-corrected chi connectivity index (χ3v) is 3.50. The van der Waals surface area contributed by atoms with Crippen molar-refractivity contribution in [3.63, 3.8) is 0 Å². The number of rotatable bonds is 6. The van der Waals surface area contributed by atoms with Crippen LogP contribution in [0.25, 0.3) is 0 Å². The van der Waals surface area contributed by atoms with Gasteiger partial charge in [0.15, 0.2) is 0 Å². The van der Waals surface area contributed by atoms with Crippen LogP contribution in [0.5, 0.6) is 0 Å². The zero-order valence-corrected chi connectivity index (χ0v) is 13.8. The van der Waals surface area contributed by atoms with E-state index in [1.165, 1.54) is 0 Å². The average molecular weight is 309 g/mol. The monoisotopic (exact) mass is 309 g/mol. The lowest BCUT2D eigenvalue weighted by Gasteiger charge is -2.11. The lowest BCUT2D eigenvalue weighted by Crippen LogP contribution is -2.28. The average Bonchev–Trinajstić information content (AvgIpc) is 2.55. The minimum atomic E-state index is -0.165. The molecule has 0 aliphatic rings. The summed E-state index contributed by atoms with van der Waals surface area (Å²) in [5, 5.41) is 7.43. The smallest absolute Gasteiger partial charge is 0.259 e. The van der Waals surface area contributed by atoms with Crippen molar-refractivity contribution in [3.05, 3.63) is 65.7 Å². The molecule has 2 aromatic carbocycles. The number of hydrazone groups is 1. The second-order valence-electron chi connectivity index (χ2n) is 5.72. The number of hydrogen-bond acceptors (Lipinski definition) is 3. The lowest BCUT2D eigenvalue weighted by atomic mass is 10.0. The largest absolute Gasteiger partial charge is 0.376 e. The van der Waals surface area contributed by atoms with Gasteiger partial charge < -0.3 is 5.32 Å². The van der Waals surface area contributed by atoms with Gasteiger partial charge in [-0.25, -0.2) is 5.43 Å². The first-order valence-corrected chi connectivity index (χ1v) is 7.79. The first-order valence-electron chi connectivity index (χ1n) is 7.79. The third-order valence-electron chi connectivity index (χ3n) is 3.50. The molecule has 2 N–H and O–H groups in total. The van der Waals surface area contributed by atoms with Gasteiger partial charge in [0.2, 0.25) is 0 Å². The Morgan fingerprint density at radius 2 is 1.70 bits per heavy atom. The predicted octanol–water partition coefficient (Wildman–Crippen LogP) is 3.58. The number of carbonyl (C=O) groups excluding carboxylic acids is 1. The molecule has 0 spiro atoms. The second-order valence-corrected chi connectivity index (χ2v) is 5.72. The minimum absolute atomic E-state index is 0.165. The molecule has 2 rings (SSSR count). The highest BCUT2D eigenvalue weighted by Crippen LogP contribution is 2.12. The van der Waals surface area contributed by atoms with E-state index in [-0.39, 0.29) is 18.4 Å². The molecule has 0 aliphatic carbocycles. The zero-order chi connectivity index (χ0) is 16.7. The summed E-state index contributed by atoms with van der Waals surface area (Å²) in [5.74, 6) is 0.0596. The molecule has 120 valence electrons. The molecule has 0 unspecified atom stereocenters. The summed E-state index contributed by atoms with van der Waals surface area (Å²) in [6.07, 6.45) is 0. The van der Waals surface area contributed by atoms with Crippen LogP contribution in [0, 0.1) is 12.8 Å². The Bertz CT molecular complexity index is 678. The van der Waals surface area contributed by atoms with Gasteiger partial charge in [-0.2, -0.15) is 5.10 Å². The van der Waals surface area contributed by atoms with E-state index in [2.05, 4.69) is 29.7 Å². The number of aryl methyl sites for hydroxylation is 1. The fraction of sp³-hybridized carbons (Fsp3) is 0.263. The Hall–Kier alpha value is -2.62. The summed E-state index contributed by atoms with van der Waals surface area (Å²) in [7, 11) is 0. The molecule has 0 aliphatic heterocycles. The third kappa shape index (κ3) is 4.95. The van der Waals surface area contributed by atoms with E-state index in [1.54, 1.807) is 0 Å². The maximum atomic E-state index is 12.0. The number of amides is 1. The van der Waals surface area contributed by atoms with Crippen molar-refractivity contribution in [3.8, 4) is 0 Å². The Morgan fingerprint density at radius 1 is 1.04 bits per heavy atom. The highest BCUT2D eigenvalue weighted by molar-refractivity contribution is 6.02. The minimum Gasteiger partial charge on any atom is -0.376 e. The number of carbonyl (C=O) groups is 1. The summed E-state index contributed by atoms with van der Waals surface area (Å²) in [5.41, 5.74) is 6.60. The molecule has 0 heterocycles. The molecule has 4 nitrogen and oxygen atoms in total. The Kier molecular flexibility index (Phi) is 5.92. The van der Waals surface area contributed by atoms with E-state index in [0.29, 0.717) is 0 Å². The number of nitrogens with zero attached hydrogens (tertiary/aromatic N) is 1. The predicted molar refractivity (Wildman–Crippen MR) is 95.6 cm³/mol. The summed E-state index contributed by atoms with van der Waals surface area (Å²) < 4.78 is 0. The maximum absolute atomic E-state index is 12.0. The van der Waals surface area contributed by atoms with Crippen LogP contribution >= 0.6 is 0 Å². The molecule has 0 bridgehead atoms. The molecule has 23 heavy (non-hydrogen) atoms. The molecule has 0 fully saturated rings. The zero-order valence-electron chi connectivity index (χ0n) is 13.8. The van der Waals surface area contributed by atoms with Crippen molar-refractivity contribution in [1.29, 1.82) is 0 Å². The van der Waals surface area contributed by atoms with Crippen LogP contribution < -0.4 is 10.7 Å². The van der Waals surface area contributed by atoms with E-state index >= 15 is 0 Å². The van der Waals surface area contributed by atoms with Crippen LogP contribution in [0.4, 0.5) is 5.69 Å². The van der Waals surface area contributed by atoms with Crippen LogP contribution in [-0.2, 0) is 4.79 Å². The van der Waals surface area contributed by atoms with Gasteiger partial charge in [-0.05, 0) is 30.0 Å². The quantitative estimate of drug-likeness (QED) is 0.633. The molecule has 0 atom stereocenters. The first kappa shape index (κ1) is 16.7. The molecule has 2 aromatic rings. The Morgan fingerprint density at radius 3 is 2.35 bits per heavy atom. The summed E-state index contributed by atoms with van der Waals surface area (Å²) in [4.78, 5) is 12.0. The van der Waals surface area contributed by atoms with Crippen molar-refractivity contribution in [1.82, 2.24) is 5.43 Å². The van der Waals surface area contributed by atoms with Crippen molar-refractivity contribution in [2.45, 2.75) is 20.8 Å². The fourth-order valence-corrected chi connectivity index (χ4v) is 2.24. The van der Waals surface area contributed by atoms with E-state index in [0.717, 1.165) is 22.5 Å². The summed E-state index contributed by atoms with van der Waals surface area (Å²) >= 11 is 0. The van der Waals surface area contributed by atoms with Crippen molar-refractivity contribution < 1.29 is 4.79 Å². The molecule has 0 aromatic heterocycles. The topological polar surface area (TPSA) is 53.5 Å². The number of benzene rings is 2. The Labute approximate surface area is 137 Å². The molecular formula is C19H23N3O. The van der Waals surface area contributed by atoms with Gasteiger partial charge in [0, 0.05) is 5.69 Å². The fourth-order valence-electron chi connectivity index (χ4n) is 2.24. The highest BCUT2D eigenvalue weighted by Gasteiger charge is 2.09. The van der Waals surface area contributed by atoms with Crippen LogP contribution in [0.3, 0.4) is 0 Å². The first-order chi connectivity index (χ1) is 11.1. The van der Waals surface area contributed by atoms with Crippen LogP contribution in [0.15, 0.2) is 59.7 Å². The lowest BCUT2D eigenvalue weighted by molar-refractivity contribution is -0.119. The van der Waals surface area contributed by atoms with Gasteiger partial charge in [-0.15, -0.1) is 0 Å². The number of anilines is 1. The maximum Gasteiger partial charge on any atom is 0.259 e. The van der Waals surface area contributed by atoms with Gasteiger partial charge in [-0.1, -0.05) is 62.4 Å². The van der Waals surface area contributed by atoms with E-state index in [1.807, 2.05) is 61.5 Å². The second kappa shape index (κ2) is 8.13. The molecule has 0 radical (unpaired) electrons. The molecule has 0 saturated carbocycles. The van der Waals surface area contributed by atoms with Crippen LogP contribution in [0.1, 0.15) is 25.0 Å². The number of para-hydroxylation sites is 1. The van der Waals surface area contributed by atoms with Gasteiger partial charge in [-0.3, -0.25) is 4.79 Å². The van der Waals surface area contributed by atoms with Gasteiger partial charge >= 0.3 is 0 Å². The van der Waals surface area contributed by atoms with Gasteiger partial charge in [0.1, 0.15) is 0 Å². The van der Waals surface area contributed by atoms with Crippen molar-refractivity contribution in [2.24, 2.45) is 11.0 Å². The molecule has 0 saturated heterocycles. The molecule has 4 heteroatoms. The molecular weight excluding hydrogens is 286 g/mol. The normalized spacial score (nSPS) is 11.4. The van der Waals surface area contributed by atoms with Crippen LogP contribution in [0.2, 0.25) is 0 Å². The van der Waals surface area contributed by atoms with Crippen LogP contribution in [-0.4, -0.2) is 18.2 Å². The standard InChI is InChI=1S/C19H23N3O/c1-14(2)19(16-10-5-4-6-11-16)22-21-18(23)13-20-17-12-8-7-9-15(17)3/h4-12,14,20H,13H2,1-3H3,(H,21,23)/b22-19+. The SMILES string of the molecule is Cc1ccccc1NCC(=O)N/N=C(/c1ccccc1)C(C)C. The Balaban J connectivity index is 1.97. The van der Waals surface area contributed by atoms with E-state index in [4.69, 9.17) is 0 Å². The highest BCUT2D eigenvalue weighted by atomic mass is 16.2. The van der Waals surface area contributed by atoms with Gasteiger partial charge in [0.05, 0.1) is 12.3 Å². The number of hydrogen-bond donors (Lipinski definition) is 2. The molecule has 1 amide bonds.